The van der Waals surface area contributed by atoms with E-state index in [4.69, 9.17) is 14.7 Å². The first-order chi connectivity index (χ1) is 6.36. The Bertz CT molecular complexity index is 304. The van der Waals surface area contributed by atoms with Crippen molar-refractivity contribution >= 4 is 0 Å². The molecule has 0 radical (unpaired) electrons. The Labute approximate surface area is 77.5 Å². The monoisotopic (exact) mass is 177 g/mol. The smallest absolute Gasteiger partial charge is 0.189 e. The van der Waals surface area contributed by atoms with E-state index in [2.05, 4.69) is 0 Å². The number of hydrogen-bond donors (Lipinski definition) is 0. The molecule has 68 valence electrons. The van der Waals surface area contributed by atoms with Crippen LogP contribution in [0.4, 0.5) is 0 Å². The van der Waals surface area contributed by atoms with Gasteiger partial charge in [0.2, 0.25) is 0 Å². The van der Waals surface area contributed by atoms with Crippen LogP contribution in [0.1, 0.15) is 12.5 Å². The first-order valence-corrected chi connectivity index (χ1v) is 4.07. The number of ether oxygens (including phenoxy) is 2. The van der Waals surface area contributed by atoms with E-state index in [0.29, 0.717) is 17.9 Å². The lowest BCUT2D eigenvalue weighted by Gasteiger charge is -2.04. The third-order valence-electron chi connectivity index (χ3n) is 1.48. The molecule has 1 aromatic carbocycles. The fourth-order valence-electron chi connectivity index (χ4n) is 0.848. The normalized spacial score (nSPS) is 9.23. The number of benzene rings is 1. The number of hydrogen-bond acceptors (Lipinski definition) is 3. The summed E-state index contributed by atoms with van der Waals surface area (Å²) in [5, 5.41) is 8.60. The van der Waals surface area contributed by atoms with Crippen LogP contribution in [0, 0.1) is 11.3 Å². The highest BCUT2D eigenvalue weighted by atomic mass is 16.7. The average molecular weight is 177 g/mol. The predicted molar refractivity (Wildman–Crippen MR) is 48.3 cm³/mol. The fraction of sp³-hybridized carbons (Fsp3) is 0.300. The standard InChI is InChI=1S/C10H11NO2/c1-2-12-8-13-10-5-3-4-9(6-10)7-11/h3-6H,2,8H2,1H3. The Morgan fingerprint density at radius 2 is 2.31 bits per heavy atom. The van der Waals surface area contributed by atoms with Gasteiger partial charge < -0.3 is 9.47 Å². The Morgan fingerprint density at radius 1 is 1.46 bits per heavy atom. The lowest BCUT2D eigenvalue weighted by molar-refractivity contribution is 0.0224. The highest BCUT2D eigenvalue weighted by Crippen LogP contribution is 2.12. The lowest BCUT2D eigenvalue weighted by Crippen LogP contribution is -2.01. The molecule has 0 aliphatic heterocycles. The molecule has 0 aliphatic carbocycles. The molecule has 1 rings (SSSR count). The maximum Gasteiger partial charge on any atom is 0.189 e. The van der Waals surface area contributed by atoms with Crippen LogP contribution in [0.5, 0.6) is 5.75 Å². The predicted octanol–water partition coefficient (Wildman–Crippen LogP) is 1.93. The molecule has 3 heteroatoms. The van der Waals surface area contributed by atoms with Crippen LogP contribution in [-0.2, 0) is 4.74 Å². The van der Waals surface area contributed by atoms with Gasteiger partial charge in [0.05, 0.1) is 11.6 Å². The second-order valence-corrected chi connectivity index (χ2v) is 2.39. The van der Waals surface area contributed by atoms with Crippen LogP contribution in [0.2, 0.25) is 0 Å². The van der Waals surface area contributed by atoms with E-state index >= 15 is 0 Å². The molecular weight excluding hydrogens is 166 g/mol. The van der Waals surface area contributed by atoms with Crippen LogP contribution in [-0.4, -0.2) is 13.4 Å². The molecule has 13 heavy (non-hydrogen) atoms. The molecule has 0 atom stereocenters. The van der Waals surface area contributed by atoms with Gasteiger partial charge in [0, 0.05) is 6.61 Å². The summed E-state index contributed by atoms with van der Waals surface area (Å²) >= 11 is 0. The molecule has 0 fully saturated rings. The van der Waals surface area contributed by atoms with E-state index in [1.54, 1.807) is 24.3 Å². The second kappa shape index (κ2) is 5.18. The maximum absolute atomic E-state index is 8.60. The molecule has 0 heterocycles. The Hall–Kier alpha value is -1.53. The fourth-order valence-corrected chi connectivity index (χ4v) is 0.848. The summed E-state index contributed by atoms with van der Waals surface area (Å²) in [7, 11) is 0. The van der Waals surface area contributed by atoms with Crippen molar-refractivity contribution in [2.24, 2.45) is 0 Å². The molecular formula is C10H11NO2. The van der Waals surface area contributed by atoms with Crippen molar-refractivity contribution < 1.29 is 9.47 Å². The average Bonchev–Trinajstić information content (AvgIpc) is 2.19. The minimum atomic E-state index is 0.228. The summed E-state index contributed by atoms with van der Waals surface area (Å²) in [4.78, 5) is 0. The zero-order valence-electron chi connectivity index (χ0n) is 7.49. The van der Waals surface area contributed by atoms with E-state index in [0.717, 1.165) is 0 Å². The van der Waals surface area contributed by atoms with E-state index in [1.807, 2.05) is 13.0 Å². The zero-order chi connectivity index (χ0) is 9.52. The van der Waals surface area contributed by atoms with Gasteiger partial charge in [0.1, 0.15) is 5.75 Å². The highest BCUT2D eigenvalue weighted by molar-refractivity contribution is 5.35. The Kier molecular flexibility index (Phi) is 3.80. The Morgan fingerprint density at radius 3 is 3.00 bits per heavy atom. The van der Waals surface area contributed by atoms with Crippen LogP contribution in [0.3, 0.4) is 0 Å². The SMILES string of the molecule is CCOCOc1cccc(C#N)c1. The van der Waals surface area contributed by atoms with E-state index in [-0.39, 0.29) is 6.79 Å². The quantitative estimate of drug-likeness (QED) is 0.521. The largest absolute Gasteiger partial charge is 0.468 e. The van der Waals surface area contributed by atoms with E-state index in [9.17, 15) is 0 Å². The molecule has 0 saturated heterocycles. The van der Waals surface area contributed by atoms with Crippen molar-refractivity contribution in [3.8, 4) is 11.8 Å². The summed E-state index contributed by atoms with van der Waals surface area (Å²) in [6.07, 6.45) is 0. The highest BCUT2D eigenvalue weighted by Gasteiger charge is 1.94. The topological polar surface area (TPSA) is 42.2 Å². The molecule has 0 aromatic heterocycles. The lowest BCUT2D eigenvalue weighted by atomic mass is 10.2. The minimum Gasteiger partial charge on any atom is -0.468 e. The van der Waals surface area contributed by atoms with Gasteiger partial charge in [-0.3, -0.25) is 0 Å². The van der Waals surface area contributed by atoms with Crippen molar-refractivity contribution in [3.05, 3.63) is 29.8 Å². The van der Waals surface area contributed by atoms with Crippen molar-refractivity contribution in [1.82, 2.24) is 0 Å². The summed E-state index contributed by atoms with van der Waals surface area (Å²) in [5.41, 5.74) is 0.592. The van der Waals surface area contributed by atoms with Gasteiger partial charge in [-0.15, -0.1) is 0 Å². The third kappa shape index (κ3) is 3.14. The molecule has 0 unspecified atom stereocenters. The molecule has 0 N–H and O–H groups in total. The maximum atomic E-state index is 8.60. The van der Waals surface area contributed by atoms with Gasteiger partial charge in [0.25, 0.3) is 0 Å². The molecule has 0 bridgehead atoms. The van der Waals surface area contributed by atoms with Crippen LogP contribution in [0.25, 0.3) is 0 Å². The number of nitriles is 1. The van der Waals surface area contributed by atoms with Crippen molar-refractivity contribution in [2.45, 2.75) is 6.92 Å². The van der Waals surface area contributed by atoms with E-state index in [1.165, 1.54) is 0 Å². The first kappa shape index (κ1) is 9.56. The van der Waals surface area contributed by atoms with Gasteiger partial charge >= 0.3 is 0 Å². The minimum absolute atomic E-state index is 0.228. The van der Waals surface area contributed by atoms with Gasteiger partial charge in [-0.2, -0.15) is 5.26 Å². The molecule has 0 amide bonds. The summed E-state index contributed by atoms with van der Waals surface area (Å²) in [6, 6.07) is 9.02. The summed E-state index contributed by atoms with van der Waals surface area (Å²) < 4.78 is 10.2. The number of nitrogens with zero attached hydrogens (tertiary/aromatic N) is 1. The van der Waals surface area contributed by atoms with Crippen molar-refractivity contribution in [1.29, 1.82) is 5.26 Å². The molecule has 1 aromatic rings. The van der Waals surface area contributed by atoms with Crippen molar-refractivity contribution in [2.75, 3.05) is 13.4 Å². The summed E-state index contributed by atoms with van der Waals surface area (Å²) in [6.45, 7) is 2.75. The van der Waals surface area contributed by atoms with Crippen LogP contribution < -0.4 is 4.74 Å². The molecule has 0 saturated carbocycles. The molecule has 0 spiro atoms. The summed E-state index contributed by atoms with van der Waals surface area (Å²) in [5.74, 6) is 0.660. The van der Waals surface area contributed by atoms with Crippen molar-refractivity contribution in [3.63, 3.8) is 0 Å². The van der Waals surface area contributed by atoms with Gasteiger partial charge in [-0.1, -0.05) is 6.07 Å². The van der Waals surface area contributed by atoms with E-state index < -0.39 is 0 Å². The number of rotatable bonds is 4. The van der Waals surface area contributed by atoms with Gasteiger partial charge in [0.15, 0.2) is 6.79 Å². The Balaban J connectivity index is 2.52. The van der Waals surface area contributed by atoms with Crippen LogP contribution in [0.15, 0.2) is 24.3 Å². The zero-order valence-corrected chi connectivity index (χ0v) is 7.49. The van der Waals surface area contributed by atoms with Crippen LogP contribution >= 0.6 is 0 Å². The van der Waals surface area contributed by atoms with Gasteiger partial charge in [-0.05, 0) is 25.1 Å². The van der Waals surface area contributed by atoms with Gasteiger partial charge in [-0.25, -0.2) is 0 Å². The molecule has 3 nitrogen and oxygen atoms in total. The third-order valence-corrected chi connectivity index (χ3v) is 1.48. The molecule has 0 aliphatic rings. The second-order valence-electron chi connectivity index (χ2n) is 2.39. The first-order valence-electron chi connectivity index (χ1n) is 4.07.